The van der Waals surface area contributed by atoms with Gasteiger partial charge in [-0.25, -0.2) is 5.43 Å². The minimum absolute atomic E-state index is 0.0723. The first-order valence-corrected chi connectivity index (χ1v) is 6.73. The number of hydrazone groups is 1. The van der Waals surface area contributed by atoms with E-state index in [1.807, 2.05) is 0 Å². The lowest BCUT2D eigenvalue weighted by atomic mass is 10.1. The lowest BCUT2D eigenvalue weighted by Gasteiger charge is -2.21. The van der Waals surface area contributed by atoms with Gasteiger partial charge < -0.3 is 15.2 Å². The third-order valence-corrected chi connectivity index (χ3v) is 2.85. The van der Waals surface area contributed by atoms with Gasteiger partial charge in [-0.2, -0.15) is 18.3 Å². The van der Waals surface area contributed by atoms with Crippen molar-refractivity contribution in [3.63, 3.8) is 0 Å². The van der Waals surface area contributed by atoms with E-state index in [0.717, 1.165) is 12.1 Å². The number of alkyl halides is 3. The van der Waals surface area contributed by atoms with Crippen molar-refractivity contribution >= 4 is 11.7 Å². The molecule has 0 aromatic heterocycles. The van der Waals surface area contributed by atoms with E-state index in [2.05, 4.69) is 15.8 Å². The second kappa shape index (κ2) is 6.07. The Morgan fingerprint density at radius 2 is 2.04 bits per heavy atom. The molecule has 3 N–H and O–H groups in total. The van der Waals surface area contributed by atoms with Crippen LogP contribution in [0.25, 0.3) is 0 Å². The largest absolute Gasteiger partial charge is 0.490 e. The maximum absolute atomic E-state index is 13.2. The number of carbonyl (C=O) groups excluding carboxylic acids is 1. The first-order chi connectivity index (χ1) is 10.6. The molecule has 0 bridgehead atoms. The van der Waals surface area contributed by atoms with Crippen LogP contribution in [0.5, 0.6) is 5.75 Å². The van der Waals surface area contributed by atoms with Crippen molar-refractivity contribution in [1.29, 1.82) is 0 Å². The number of rotatable bonds is 4. The molecule has 1 aliphatic heterocycles. The molecule has 126 valence electrons. The Morgan fingerprint density at radius 3 is 2.57 bits per heavy atom. The van der Waals surface area contributed by atoms with Crippen LogP contribution < -0.4 is 15.5 Å². The Morgan fingerprint density at radius 1 is 1.35 bits per heavy atom. The molecule has 0 atom stereocenters. The van der Waals surface area contributed by atoms with Crippen LogP contribution in [0, 0.1) is 0 Å². The van der Waals surface area contributed by atoms with Gasteiger partial charge in [-0.1, -0.05) is 0 Å². The van der Waals surface area contributed by atoms with Gasteiger partial charge in [0.15, 0.2) is 5.84 Å². The topological polar surface area (TPSA) is 83.0 Å². The summed E-state index contributed by atoms with van der Waals surface area (Å²) in [5.41, 5.74) is 0.101. The Kier molecular flexibility index (Phi) is 4.51. The van der Waals surface area contributed by atoms with Crippen LogP contribution in [0.1, 0.15) is 25.0 Å². The zero-order valence-corrected chi connectivity index (χ0v) is 12.5. The van der Waals surface area contributed by atoms with Gasteiger partial charge >= 0.3 is 6.18 Å². The van der Waals surface area contributed by atoms with Gasteiger partial charge in [0.2, 0.25) is 0 Å². The number of amidine groups is 1. The number of hydrogen-bond acceptors (Lipinski definition) is 5. The van der Waals surface area contributed by atoms with E-state index in [1.165, 1.54) is 19.9 Å². The molecule has 2 rings (SSSR count). The highest BCUT2D eigenvalue weighted by molar-refractivity contribution is 6.03. The predicted molar refractivity (Wildman–Crippen MR) is 75.9 cm³/mol. The molecular formula is C14H16F3N3O3. The van der Waals surface area contributed by atoms with Gasteiger partial charge in [-0.3, -0.25) is 4.79 Å². The first-order valence-electron chi connectivity index (χ1n) is 6.73. The van der Waals surface area contributed by atoms with E-state index in [1.54, 1.807) is 0 Å². The van der Waals surface area contributed by atoms with E-state index in [4.69, 9.17) is 4.74 Å². The third kappa shape index (κ3) is 4.59. The van der Waals surface area contributed by atoms with E-state index in [9.17, 15) is 23.1 Å². The molecule has 1 amide bonds. The Balaban J connectivity index is 2.33. The van der Waals surface area contributed by atoms with Crippen molar-refractivity contribution in [3.05, 3.63) is 29.3 Å². The fourth-order valence-corrected chi connectivity index (χ4v) is 1.81. The molecule has 0 unspecified atom stereocenters. The van der Waals surface area contributed by atoms with Crippen LogP contribution in [0.3, 0.4) is 0 Å². The van der Waals surface area contributed by atoms with Crippen LogP contribution in [0.4, 0.5) is 13.2 Å². The number of carbonyl (C=O) groups is 1. The maximum Gasteiger partial charge on any atom is 0.419 e. The van der Waals surface area contributed by atoms with Crippen molar-refractivity contribution < 1.29 is 27.8 Å². The minimum Gasteiger partial charge on any atom is -0.490 e. The molecule has 1 aromatic rings. The summed E-state index contributed by atoms with van der Waals surface area (Å²) in [6, 6.07) is 3.42. The van der Waals surface area contributed by atoms with Crippen molar-refractivity contribution in [2.24, 2.45) is 5.10 Å². The highest BCUT2D eigenvalue weighted by Gasteiger charge is 2.35. The molecule has 6 nitrogen and oxygen atoms in total. The summed E-state index contributed by atoms with van der Waals surface area (Å²) in [4.78, 5) is 11.0. The van der Waals surface area contributed by atoms with Gasteiger partial charge in [0.05, 0.1) is 17.7 Å². The van der Waals surface area contributed by atoms with Crippen molar-refractivity contribution in [2.45, 2.75) is 25.6 Å². The first kappa shape index (κ1) is 17.1. The normalized spacial score (nSPS) is 15.6. The molecule has 0 aliphatic carbocycles. The monoisotopic (exact) mass is 331 g/mol. The van der Waals surface area contributed by atoms with E-state index < -0.39 is 17.3 Å². The van der Waals surface area contributed by atoms with Crippen molar-refractivity contribution in [3.8, 4) is 5.75 Å². The van der Waals surface area contributed by atoms with Gasteiger partial charge in [0.25, 0.3) is 5.91 Å². The number of nitrogens with one attached hydrogen (secondary N) is 2. The number of nitrogens with zero attached hydrogens (tertiary/aromatic N) is 1. The molecule has 23 heavy (non-hydrogen) atoms. The average molecular weight is 331 g/mol. The molecule has 9 heteroatoms. The fourth-order valence-electron chi connectivity index (χ4n) is 1.81. The SMILES string of the molecule is CC(C)(O)COc1ccc(C2=NNC(=O)CN2)cc1C(F)(F)F. The second-order valence-electron chi connectivity index (χ2n) is 5.66. The fraction of sp³-hybridized carbons (Fsp3) is 0.429. The molecule has 1 aliphatic rings. The van der Waals surface area contributed by atoms with Crippen LogP contribution in [-0.4, -0.2) is 35.6 Å². The number of aliphatic hydroxyl groups is 1. The molecule has 0 saturated heterocycles. The van der Waals surface area contributed by atoms with E-state index >= 15 is 0 Å². The summed E-state index contributed by atoms with van der Waals surface area (Å²) in [6.45, 7) is 2.50. The molecular weight excluding hydrogens is 315 g/mol. The summed E-state index contributed by atoms with van der Waals surface area (Å²) in [5, 5.41) is 15.9. The molecule has 0 saturated carbocycles. The summed E-state index contributed by atoms with van der Waals surface area (Å²) in [5.74, 6) is -0.636. The summed E-state index contributed by atoms with van der Waals surface area (Å²) < 4.78 is 44.7. The zero-order chi connectivity index (χ0) is 17.3. The van der Waals surface area contributed by atoms with Crippen molar-refractivity contribution in [1.82, 2.24) is 10.7 Å². The smallest absolute Gasteiger partial charge is 0.419 e. The summed E-state index contributed by atoms with van der Waals surface area (Å²) in [6.07, 6.45) is -4.64. The average Bonchev–Trinajstić information content (AvgIpc) is 2.44. The van der Waals surface area contributed by atoms with Gasteiger partial charge in [0.1, 0.15) is 12.4 Å². The number of ether oxygens (including phenoxy) is 1. The predicted octanol–water partition coefficient (Wildman–Crippen LogP) is 1.24. The molecule has 0 spiro atoms. The van der Waals surface area contributed by atoms with E-state index in [-0.39, 0.29) is 36.2 Å². The van der Waals surface area contributed by atoms with Crippen LogP contribution in [0.15, 0.2) is 23.3 Å². The molecule has 1 aromatic carbocycles. The lowest BCUT2D eigenvalue weighted by molar-refractivity contribution is -0.139. The Bertz CT molecular complexity index is 636. The Hall–Kier alpha value is -2.29. The summed E-state index contributed by atoms with van der Waals surface area (Å²) in [7, 11) is 0. The number of amides is 1. The van der Waals surface area contributed by atoms with Gasteiger partial charge in [-0.15, -0.1) is 0 Å². The quantitative estimate of drug-likeness (QED) is 0.775. The second-order valence-corrected chi connectivity index (χ2v) is 5.66. The number of benzene rings is 1. The minimum atomic E-state index is -4.64. The van der Waals surface area contributed by atoms with Crippen LogP contribution >= 0.6 is 0 Å². The highest BCUT2D eigenvalue weighted by atomic mass is 19.4. The highest BCUT2D eigenvalue weighted by Crippen LogP contribution is 2.37. The number of halogens is 3. The van der Waals surface area contributed by atoms with Gasteiger partial charge in [-0.05, 0) is 32.0 Å². The summed E-state index contributed by atoms with van der Waals surface area (Å²) >= 11 is 0. The molecule has 0 radical (unpaired) electrons. The number of hydrogen-bond donors (Lipinski definition) is 3. The third-order valence-electron chi connectivity index (χ3n) is 2.85. The molecule has 1 heterocycles. The van der Waals surface area contributed by atoms with Crippen LogP contribution in [-0.2, 0) is 11.0 Å². The maximum atomic E-state index is 13.2. The Labute approximate surface area is 130 Å². The lowest BCUT2D eigenvalue weighted by Crippen LogP contribution is -2.42. The van der Waals surface area contributed by atoms with Crippen molar-refractivity contribution in [2.75, 3.05) is 13.2 Å². The van der Waals surface area contributed by atoms with Gasteiger partial charge in [0, 0.05) is 5.56 Å². The zero-order valence-electron chi connectivity index (χ0n) is 12.5. The van der Waals surface area contributed by atoms with Crippen LogP contribution in [0.2, 0.25) is 0 Å². The van der Waals surface area contributed by atoms with E-state index in [0.29, 0.717) is 0 Å². The standard InChI is InChI=1S/C14H16F3N3O3/c1-13(2,22)7-23-10-4-3-8(5-9(10)14(15,16)17)12-18-6-11(21)19-20-12/h3-5,22H,6-7H2,1-2H3,(H,18,20)(H,19,21). The molecule has 0 fully saturated rings.